The van der Waals surface area contributed by atoms with Gasteiger partial charge in [-0.15, -0.1) is 10.2 Å². The molecule has 0 atom stereocenters. The molecule has 0 aliphatic heterocycles. The van der Waals surface area contributed by atoms with Gasteiger partial charge in [0.1, 0.15) is 10.8 Å². The minimum absolute atomic E-state index is 0.213. The van der Waals surface area contributed by atoms with Crippen molar-refractivity contribution in [1.29, 1.82) is 0 Å². The number of carbonyl (C=O) groups excluding carboxylic acids is 1. The molecule has 8 heteroatoms. The average Bonchev–Trinajstić information content (AvgIpc) is 2.64. The van der Waals surface area contributed by atoms with Crippen LogP contribution in [0, 0.1) is 5.82 Å². The van der Waals surface area contributed by atoms with Gasteiger partial charge in [0.25, 0.3) is 5.91 Å². The second kappa shape index (κ2) is 8.49. The van der Waals surface area contributed by atoms with E-state index in [2.05, 4.69) is 15.5 Å². The fourth-order valence-corrected chi connectivity index (χ4v) is 3.15. The summed E-state index contributed by atoms with van der Waals surface area (Å²) >= 11 is 13.4. The smallest absolute Gasteiger partial charge is 0.256 e. The molecule has 0 fully saturated rings. The van der Waals surface area contributed by atoms with Crippen LogP contribution in [0.15, 0.2) is 59.6 Å². The Kier molecular flexibility index (Phi) is 6.08. The Labute approximate surface area is 163 Å². The van der Waals surface area contributed by atoms with Crippen LogP contribution in [0.4, 0.5) is 10.2 Å². The Balaban J connectivity index is 1.59. The van der Waals surface area contributed by atoms with E-state index in [1.165, 1.54) is 30.0 Å². The van der Waals surface area contributed by atoms with Crippen molar-refractivity contribution in [3.05, 3.63) is 81.6 Å². The second-order valence-electron chi connectivity index (χ2n) is 5.26. The van der Waals surface area contributed by atoms with Crippen molar-refractivity contribution in [2.75, 3.05) is 5.32 Å². The molecule has 0 saturated carbocycles. The molecule has 26 heavy (non-hydrogen) atoms. The van der Waals surface area contributed by atoms with Crippen molar-refractivity contribution < 1.29 is 9.18 Å². The van der Waals surface area contributed by atoms with Crippen molar-refractivity contribution in [2.24, 2.45) is 0 Å². The number of anilines is 1. The van der Waals surface area contributed by atoms with Gasteiger partial charge in [0.15, 0.2) is 5.82 Å². The number of hydrogen-bond donors (Lipinski definition) is 1. The highest BCUT2D eigenvalue weighted by molar-refractivity contribution is 7.98. The monoisotopic (exact) mass is 407 g/mol. The molecule has 1 aromatic heterocycles. The molecule has 3 rings (SSSR count). The van der Waals surface area contributed by atoms with Crippen LogP contribution >= 0.6 is 35.0 Å². The Morgan fingerprint density at radius 3 is 2.58 bits per heavy atom. The number of nitrogens with zero attached hydrogens (tertiary/aromatic N) is 2. The van der Waals surface area contributed by atoms with Gasteiger partial charge in [0.2, 0.25) is 0 Å². The first kappa shape index (κ1) is 18.6. The minimum atomic E-state index is -0.474. The molecule has 0 aliphatic rings. The van der Waals surface area contributed by atoms with Gasteiger partial charge >= 0.3 is 0 Å². The van der Waals surface area contributed by atoms with E-state index in [0.29, 0.717) is 20.8 Å². The van der Waals surface area contributed by atoms with Gasteiger partial charge in [-0.2, -0.15) is 0 Å². The van der Waals surface area contributed by atoms with Crippen molar-refractivity contribution in [2.45, 2.75) is 10.8 Å². The lowest BCUT2D eigenvalue weighted by Gasteiger charge is -2.05. The number of aromatic nitrogens is 2. The normalized spacial score (nSPS) is 10.6. The third-order valence-corrected chi connectivity index (χ3v) is 5.07. The highest BCUT2D eigenvalue weighted by Crippen LogP contribution is 2.26. The first-order valence-corrected chi connectivity index (χ1v) is 9.23. The van der Waals surface area contributed by atoms with Gasteiger partial charge in [-0.05, 0) is 48.0 Å². The largest absolute Gasteiger partial charge is 0.305 e. The summed E-state index contributed by atoms with van der Waals surface area (Å²) < 4.78 is 13.2. The third kappa shape index (κ3) is 4.94. The second-order valence-corrected chi connectivity index (χ2v) is 7.07. The molecule has 0 bridgehead atoms. The number of nitrogens with one attached hydrogen (secondary N) is 1. The standard InChI is InChI=1S/C18H12Cl2FN3OS/c19-14-5-4-11(8-15(14)20)10-26-17-7-6-16(23-24-17)22-18(25)12-2-1-3-13(21)9-12/h1-9H,10H2,(H,22,23,25). The number of rotatable bonds is 5. The maximum atomic E-state index is 13.2. The summed E-state index contributed by atoms with van der Waals surface area (Å²) in [7, 11) is 0. The Bertz CT molecular complexity index is 938. The average molecular weight is 408 g/mol. The van der Waals surface area contributed by atoms with E-state index in [-0.39, 0.29) is 11.4 Å². The van der Waals surface area contributed by atoms with Gasteiger partial charge in [0.05, 0.1) is 10.0 Å². The summed E-state index contributed by atoms with van der Waals surface area (Å²) in [6.45, 7) is 0. The molecule has 1 amide bonds. The molecular weight excluding hydrogens is 396 g/mol. The topological polar surface area (TPSA) is 54.9 Å². The third-order valence-electron chi connectivity index (χ3n) is 3.34. The van der Waals surface area contributed by atoms with E-state index in [4.69, 9.17) is 23.2 Å². The van der Waals surface area contributed by atoms with Gasteiger partial charge in [-0.25, -0.2) is 4.39 Å². The number of benzene rings is 2. The Morgan fingerprint density at radius 1 is 1.04 bits per heavy atom. The molecule has 3 aromatic rings. The number of thioether (sulfide) groups is 1. The molecule has 0 spiro atoms. The van der Waals surface area contributed by atoms with Crippen molar-refractivity contribution >= 4 is 46.7 Å². The molecule has 0 saturated heterocycles. The molecule has 0 unspecified atom stereocenters. The molecule has 132 valence electrons. The number of hydrogen-bond acceptors (Lipinski definition) is 4. The van der Waals surface area contributed by atoms with Gasteiger partial charge in [-0.3, -0.25) is 4.79 Å². The summed E-state index contributed by atoms with van der Waals surface area (Å²) in [6.07, 6.45) is 0. The maximum Gasteiger partial charge on any atom is 0.256 e. The van der Waals surface area contributed by atoms with Crippen LogP contribution in [0.5, 0.6) is 0 Å². The van der Waals surface area contributed by atoms with E-state index in [1.807, 2.05) is 6.07 Å². The molecule has 1 N–H and O–H groups in total. The SMILES string of the molecule is O=C(Nc1ccc(SCc2ccc(Cl)c(Cl)c2)nn1)c1cccc(F)c1. The van der Waals surface area contributed by atoms with Crippen LogP contribution in [0.2, 0.25) is 10.0 Å². The first-order valence-electron chi connectivity index (χ1n) is 7.48. The highest BCUT2D eigenvalue weighted by Gasteiger charge is 2.08. The van der Waals surface area contributed by atoms with Crippen LogP contribution in [-0.4, -0.2) is 16.1 Å². The van der Waals surface area contributed by atoms with Crippen molar-refractivity contribution in [3.8, 4) is 0 Å². The van der Waals surface area contributed by atoms with E-state index in [0.717, 1.165) is 11.6 Å². The first-order chi connectivity index (χ1) is 12.5. The predicted octanol–water partition coefficient (Wildman–Crippen LogP) is 5.47. The zero-order valence-electron chi connectivity index (χ0n) is 13.2. The fraction of sp³-hybridized carbons (Fsp3) is 0.0556. The van der Waals surface area contributed by atoms with E-state index in [1.54, 1.807) is 24.3 Å². The van der Waals surface area contributed by atoms with Crippen LogP contribution in [0.1, 0.15) is 15.9 Å². The summed E-state index contributed by atoms with van der Waals surface area (Å²) in [5.41, 5.74) is 1.22. The Hall–Kier alpha value is -2.15. The zero-order valence-corrected chi connectivity index (χ0v) is 15.6. The number of carbonyl (C=O) groups is 1. The van der Waals surface area contributed by atoms with Crippen LogP contribution in [-0.2, 0) is 5.75 Å². The number of amides is 1. The summed E-state index contributed by atoms with van der Waals surface area (Å²) in [5.74, 6) is 0.0200. The Morgan fingerprint density at radius 2 is 1.88 bits per heavy atom. The summed E-state index contributed by atoms with van der Waals surface area (Å²) in [6, 6.07) is 14.3. The lowest BCUT2D eigenvalue weighted by atomic mass is 10.2. The zero-order chi connectivity index (χ0) is 18.5. The van der Waals surface area contributed by atoms with E-state index < -0.39 is 11.7 Å². The quantitative estimate of drug-likeness (QED) is 0.569. The lowest BCUT2D eigenvalue weighted by Crippen LogP contribution is -2.13. The van der Waals surface area contributed by atoms with E-state index in [9.17, 15) is 9.18 Å². The maximum absolute atomic E-state index is 13.2. The molecule has 0 radical (unpaired) electrons. The van der Waals surface area contributed by atoms with Crippen LogP contribution in [0.3, 0.4) is 0 Å². The molecule has 2 aromatic carbocycles. The molecule has 0 aliphatic carbocycles. The summed E-state index contributed by atoms with van der Waals surface area (Å²) in [4.78, 5) is 12.0. The van der Waals surface area contributed by atoms with Crippen molar-refractivity contribution in [1.82, 2.24) is 10.2 Å². The molecule has 1 heterocycles. The van der Waals surface area contributed by atoms with Gasteiger partial charge in [0, 0.05) is 11.3 Å². The lowest BCUT2D eigenvalue weighted by molar-refractivity contribution is 0.102. The molecular formula is C18H12Cl2FN3OS. The van der Waals surface area contributed by atoms with Crippen molar-refractivity contribution in [3.63, 3.8) is 0 Å². The van der Waals surface area contributed by atoms with E-state index >= 15 is 0 Å². The number of halogens is 3. The van der Waals surface area contributed by atoms with Gasteiger partial charge in [-0.1, -0.05) is 47.1 Å². The van der Waals surface area contributed by atoms with Crippen LogP contribution < -0.4 is 5.32 Å². The minimum Gasteiger partial charge on any atom is -0.305 e. The summed E-state index contributed by atoms with van der Waals surface area (Å²) in [5, 5.41) is 12.3. The highest BCUT2D eigenvalue weighted by atomic mass is 35.5. The van der Waals surface area contributed by atoms with Crippen LogP contribution in [0.25, 0.3) is 0 Å². The predicted molar refractivity (Wildman–Crippen MR) is 102 cm³/mol. The fourth-order valence-electron chi connectivity index (χ4n) is 2.07. The molecule has 4 nitrogen and oxygen atoms in total. The van der Waals surface area contributed by atoms with Gasteiger partial charge < -0.3 is 5.32 Å².